The van der Waals surface area contributed by atoms with Crippen LogP contribution < -0.4 is 5.32 Å². The molecule has 0 spiro atoms. The topological polar surface area (TPSA) is 12.0 Å². The van der Waals surface area contributed by atoms with Crippen molar-refractivity contribution in [3.63, 3.8) is 0 Å². The van der Waals surface area contributed by atoms with E-state index in [1.807, 2.05) is 0 Å². The molecule has 0 atom stereocenters. The van der Waals surface area contributed by atoms with Crippen molar-refractivity contribution in [3.05, 3.63) is 120 Å². The third kappa shape index (κ3) is 2.85. The first kappa shape index (κ1) is 18.9. The van der Waals surface area contributed by atoms with Crippen molar-refractivity contribution in [2.24, 2.45) is 0 Å². The third-order valence-electron chi connectivity index (χ3n) is 6.87. The van der Waals surface area contributed by atoms with Crippen LogP contribution in [0.25, 0.3) is 33.0 Å². The molecule has 0 amide bonds. The summed E-state index contributed by atoms with van der Waals surface area (Å²) in [5.74, 6) is 0. The minimum Gasteiger partial charge on any atom is -0.355 e. The van der Waals surface area contributed by atoms with Crippen LogP contribution in [0.1, 0.15) is 25.0 Å². The van der Waals surface area contributed by atoms with Gasteiger partial charge in [-0.15, -0.1) is 0 Å². The molecule has 32 heavy (non-hydrogen) atoms. The van der Waals surface area contributed by atoms with Crippen LogP contribution in [0.2, 0.25) is 0 Å². The lowest BCUT2D eigenvalue weighted by Crippen LogP contribution is -2.15. The number of fused-ring (bicyclic) bond motifs is 4. The molecule has 0 aliphatic heterocycles. The largest absolute Gasteiger partial charge is 0.355 e. The molecular formula is C31H25N. The van der Waals surface area contributed by atoms with E-state index >= 15 is 0 Å². The molecule has 0 fully saturated rings. The Morgan fingerprint density at radius 1 is 0.531 bits per heavy atom. The van der Waals surface area contributed by atoms with Crippen molar-refractivity contribution < 1.29 is 0 Å². The van der Waals surface area contributed by atoms with Crippen molar-refractivity contribution in [1.82, 2.24) is 0 Å². The van der Waals surface area contributed by atoms with Crippen LogP contribution in [0.5, 0.6) is 0 Å². The van der Waals surface area contributed by atoms with Gasteiger partial charge in [-0.05, 0) is 57.0 Å². The summed E-state index contributed by atoms with van der Waals surface area (Å²) in [4.78, 5) is 0. The van der Waals surface area contributed by atoms with Gasteiger partial charge in [0, 0.05) is 22.2 Å². The molecule has 1 heteroatoms. The van der Waals surface area contributed by atoms with Crippen LogP contribution in [0.4, 0.5) is 11.4 Å². The predicted molar refractivity (Wildman–Crippen MR) is 137 cm³/mol. The lowest BCUT2D eigenvalue weighted by molar-refractivity contribution is 0.660. The van der Waals surface area contributed by atoms with E-state index in [0.717, 1.165) is 11.4 Å². The summed E-state index contributed by atoms with van der Waals surface area (Å²) in [6.45, 7) is 4.65. The van der Waals surface area contributed by atoms with Gasteiger partial charge in [-0.2, -0.15) is 0 Å². The summed E-state index contributed by atoms with van der Waals surface area (Å²) in [5.41, 5.74) is 10.3. The lowest BCUT2D eigenvalue weighted by Gasteiger charge is -2.22. The van der Waals surface area contributed by atoms with Crippen LogP contribution in [-0.4, -0.2) is 0 Å². The SMILES string of the molecule is CC1(C)c2ccccc2-c2ccc(Nc3cccc4c(-c5ccccc5)cccc34)cc21. The van der Waals surface area contributed by atoms with Gasteiger partial charge in [0.1, 0.15) is 0 Å². The average Bonchev–Trinajstić information content (AvgIpc) is 3.06. The van der Waals surface area contributed by atoms with Gasteiger partial charge in [-0.3, -0.25) is 0 Å². The van der Waals surface area contributed by atoms with E-state index in [0.29, 0.717) is 0 Å². The highest BCUT2D eigenvalue weighted by Gasteiger charge is 2.35. The Bertz CT molecular complexity index is 1460. The van der Waals surface area contributed by atoms with Crippen molar-refractivity contribution in [2.45, 2.75) is 19.3 Å². The Balaban J connectivity index is 1.43. The second-order valence-corrected chi connectivity index (χ2v) is 9.13. The van der Waals surface area contributed by atoms with Crippen molar-refractivity contribution in [3.8, 4) is 22.3 Å². The van der Waals surface area contributed by atoms with E-state index in [1.165, 1.54) is 44.2 Å². The van der Waals surface area contributed by atoms with Crippen molar-refractivity contribution in [2.75, 3.05) is 5.32 Å². The molecule has 5 aromatic carbocycles. The van der Waals surface area contributed by atoms with Crippen LogP contribution in [0, 0.1) is 0 Å². The number of nitrogens with one attached hydrogen (secondary N) is 1. The van der Waals surface area contributed by atoms with Gasteiger partial charge in [0.2, 0.25) is 0 Å². The highest BCUT2D eigenvalue weighted by Crippen LogP contribution is 2.49. The monoisotopic (exact) mass is 411 g/mol. The zero-order chi connectivity index (χ0) is 21.7. The van der Waals surface area contributed by atoms with E-state index in [4.69, 9.17) is 0 Å². The summed E-state index contributed by atoms with van der Waals surface area (Å²) in [7, 11) is 0. The summed E-state index contributed by atoms with van der Waals surface area (Å²) in [6.07, 6.45) is 0. The first-order valence-electron chi connectivity index (χ1n) is 11.2. The van der Waals surface area contributed by atoms with Gasteiger partial charge in [-0.1, -0.05) is 105 Å². The second-order valence-electron chi connectivity index (χ2n) is 9.13. The molecular weight excluding hydrogens is 386 g/mol. The summed E-state index contributed by atoms with van der Waals surface area (Å²) in [6, 6.07) is 39.3. The quantitative estimate of drug-likeness (QED) is 0.313. The lowest BCUT2D eigenvalue weighted by atomic mass is 9.82. The van der Waals surface area contributed by atoms with Crippen molar-refractivity contribution >= 4 is 22.1 Å². The van der Waals surface area contributed by atoms with Crippen LogP contribution in [-0.2, 0) is 5.41 Å². The smallest absolute Gasteiger partial charge is 0.0464 e. The molecule has 154 valence electrons. The maximum Gasteiger partial charge on any atom is 0.0464 e. The fourth-order valence-corrected chi connectivity index (χ4v) is 5.23. The highest BCUT2D eigenvalue weighted by molar-refractivity contribution is 6.03. The van der Waals surface area contributed by atoms with Crippen LogP contribution in [0.15, 0.2) is 109 Å². The molecule has 0 saturated carbocycles. The fraction of sp³-hybridized carbons (Fsp3) is 0.0968. The van der Waals surface area contributed by atoms with Gasteiger partial charge < -0.3 is 5.32 Å². The molecule has 1 nitrogen and oxygen atoms in total. The standard InChI is InChI=1S/C31H25N/c1-31(2)28-16-7-6-12-25(28)26-19-18-22(20-29(26)31)32-30-17-9-14-24-23(13-8-15-27(24)30)21-10-4-3-5-11-21/h3-20,32H,1-2H3. The molecule has 1 aliphatic carbocycles. The molecule has 0 saturated heterocycles. The molecule has 0 aromatic heterocycles. The first-order chi connectivity index (χ1) is 15.6. The van der Waals surface area contributed by atoms with E-state index in [1.54, 1.807) is 0 Å². The molecule has 0 radical (unpaired) electrons. The van der Waals surface area contributed by atoms with Gasteiger partial charge in [0.15, 0.2) is 0 Å². The summed E-state index contributed by atoms with van der Waals surface area (Å²) in [5, 5.41) is 6.21. The van der Waals surface area contributed by atoms with Crippen LogP contribution >= 0.6 is 0 Å². The van der Waals surface area contributed by atoms with E-state index < -0.39 is 0 Å². The number of anilines is 2. The van der Waals surface area contributed by atoms with Gasteiger partial charge in [0.05, 0.1) is 0 Å². The van der Waals surface area contributed by atoms with Gasteiger partial charge in [0.25, 0.3) is 0 Å². The minimum absolute atomic E-state index is 0.00283. The van der Waals surface area contributed by atoms with Gasteiger partial charge in [-0.25, -0.2) is 0 Å². The fourth-order valence-electron chi connectivity index (χ4n) is 5.23. The molecule has 0 bridgehead atoms. The molecule has 1 N–H and O–H groups in total. The molecule has 5 aromatic rings. The zero-order valence-electron chi connectivity index (χ0n) is 18.4. The average molecular weight is 412 g/mol. The normalized spacial score (nSPS) is 13.6. The van der Waals surface area contributed by atoms with E-state index in [9.17, 15) is 0 Å². The highest BCUT2D eigenvalue weighted by atomic mass is 14.9. The summed E-state index contributed by atoms with van der Waals surface area (Å²) < 4.78 is 0. The number of hydrogen-bond acceptors (Lipinski definition) is 1. The van der Waals surface area contributed by atoms with Crippen molar-refractivity contribution in [1.29, 1.82) is 0 Å². The molecule has 1 aliphatic rings. The third-order valence-corrected chi connectivity index (χ3v) is 6.87. The van der Waals surface area contributed by atoms with E-state index in [-0.39, 0.29) is 5.41 Å². The molecule has 0 heterocycles. The Labute approximate surface area is 189 Å². The molecule has 0 unspecified atom stereocenters. The number of benzene rings is 5. The minimum atomic E-state index is 0.00283. The Hall–Kier alpha value is -3.84. The predicted octanol–water partition coefficient (Wildman–Crippen LogP) is 8.56. The van der Waals surface area contributed by atoms with Gasteiger partial charge >= 0.3 is 0 Å². The number of rotatable bonds is 3. The number of hydrogen-bond donors (Lipinski definition) is 1. The zero-order valence-corrected chi connectivity index (χ0v) is 18.4. The Morgan fingerprint density at radius 2 is 1.22 bits per heavy atom. The second kappa shape index (κ2) is 7.10. The first-order valence-corrected chi connectivity index (χ1v) is 11.2. The maximum atomic E-state index is 3.72. The summed E-state index contributed by atoms with van der Waals surface area (Å²) >= 11 is 0. The maximum absolute atomic E-state index is 3.72. The van der Waals surface area contributed by atoms with Crippen LogP contribution in [0.3, 0.4) is 0 Å². The molecule has 6 rings (SSSR count). The Kier molecular flexibility index (Phi) is 4.19. The van der Waals surface area contributed by atoms with E-state index in [2.05, 4.69) is 128 Å². The Morgan fingerprint density at radius 3 is 2.09 bits per heavy atom.